The van der Waals surface area contributed by atoms with Crippen LogP contribution in [-0.4, -0.2) is 24.9 Å². The van der Waals surface area contributed by atoms with Crippen molar-refractivity contribution in [1.29, 1.82) is 0 Å². The molecule has 0 aliphatic heterocycles. The van der Waals surface area contributed by atoms with Gasteiger partial charge in [0.25, 0.3) is 0 Å². The zero-order valence-electron chi connectivity index (χ0n) is 28.4. The summed E-state index contributed by atoms with van der Waals surface area (Å²) in [5.41, 5.74) is 12.9. The quantitative estimate of drug-likeness (QED) is 0.162. The molecule has 0 atom stereocenters. The fraction of sp³-hybridized carbons (Fsp3) is 0. The van der Waals surface area contributed by atoms with Crippen molar-refractivity contribution in [2.24, 2.45) is 0 Å². The molecule has 0 spiro atoms. The number of para-hydroxylation sites is 1. The monoisotopic (exact) mass is 695 g/mol. The summed E-state index contributed by atoms with van der Waals surface area (Å²) >= 11 is 1.70. The Bertz CT molecular complexity index is 2890. The van der Waals surface area contributed by atoms with E-state index >= 15 is 0 Å². The summed E-state index contributed by atoms with van der Waals surface area (Å²) in [4.78, 5) is 24.8. The van der Waals surface area contributed by atoms with Crippen molar-refractivity contribution in [1.82, 2.24) is 24.9 Å². The molecule has 4 heterocycles. The molecule has 0 aliphatic carbocycles. The number of hydrogen-bond acceptors (Lipinski definition) is 6. The summed E-state index contributed by atoms with van der Waals surface area (Å²) < 4.78 is 1.18. The Morgan fingerprint density at radius 1 is 0.358 bits per heavy atom. The highest BCUT2D eigenvalue weighted by atomic mass is 32.1. The van der Waals surface area contributed by atoms with E-state index in [-0.39, 0.29) is 0 Å². The second-order valence-corrected chi connectivity index (χ2v) is 14.0. The average Bonchev–Trinajstić information content (AvgIpc) is 3.68. The average molecular weight is 696 g/mol. The topological polar surface area (TPSA) is 64.5 Å². The van der Waals surface area contributed by atoms with E-state index in [2.05, 4.69) is 157 Å². The van der Waals surface area contributed by atoms with Crippen LogP contribution in [0.1, 0.15) is 0 Å². The summed E-state index contributed by atoms with van der Waals surface area (Å²) in [7, 11) is 0. The first-order valence-corrected chi connectivity index (χ1v) is 18.3. The molecule has 0 saturated heterocycles. The van der Waals surface area contributed by atoms with Gasteiger partial charge < -0.3 is 0 Å². The van der Waals surface area contributed by atoms with E-state index in [0.29, 0.717) is 5.82 Å². The molecule has 10 rings (SSSR count). The lowest BCUT2D eigenvalue weighted by atomic mass is 10.0. The number of pyridine rings is 2. The van der Waals surface area contributed by atoms with Crippen LogP contribution >= 0.6 is 11.3 Å². The summed E-state index contributed by atoms with van der Waals surface area (Å²) in [6.07, 6.45) is 1.82. The van der Waals surface area contributed by atoms with Crippen LogP contribution in [0.25, 0.3) is 98.9 Å². The largest absolute Gasteiger partial charge is 0.254 e. The first-order chi connectivity index (χ1) is 26.2. The SMILES string of the molecule is c1ccc(-c2ccc(-c3cc(-c4ccc(-c5ccc6ccc7cccnc7c6n5)cc4)nc(-c4ccc(-c5nc6ccccc6s5)cc4)n3)cc2)cc1. The van der Waals surface area contributed by atoms with E-state index in [0.717, 1.165) is 82.8 Å². The first kappa shape index (κ1) is 30.9. The molecule has 6 aromatic carbocycles. The molecular weight excluding hydrogens is 667 g/mol. The van der Waals surface area contributed by atoms with Gasteiger partial charge in [-0.25, -0.2) is 19.9 Å². The number of fused-ring (bicyclic) bond motifs is 4. The van der Waals surface area contributed by atoms with E-state index in [9.17, 15) is 0 Å². The molecule has 0 amide bonds. The van der Waals surface area contributed by atoms with E-state index < -0.39 is 0 Å². The summed E-state index contributed by atoms with van der Waals surface area (Å²) in [6.45, 7) is 0. The Labute approximate surface area is 310 Å². The molecule has 53 heavy (non-hydrogen) atoms. The highest BCUT2D eigenvalue weighted by Crippen LogP contribution is 2.34. The molecule has 5 nitrogen and oxygen atoms in total. The number of nitrogens with zero attached hydrogens (tertiary/aromatic N) is 5. The van der Waals surface area contributed by atoms with E-state index in [1.165, 1.54) is 10.3 Å². The minimum Gasteiger partial charge on any atom is -0.254 e. The lowest BCUT2D eigenvalue weighted by Gasteiger charge is -2.11. The van der Waals surface area contributed by atoms with Crippen molar-refractivity contribution in [3.63, 3.8) is 0 Å². The molecule has 0 saturated carbocycles. The highest BCUT2D eigenvalue weighted by Gasteiger charge is 2.14. The third kappa shape index (κ3) is 5.91. The minimum atomic E-state index is 0.667. The van der Waals surface area contributed by atoms with Crippen molar-refractivity contribution >= 4 is 43.4 Å². The zero-order chi connectivity index (χ0) is 35.1. The van der Waals surface area contributed by atoms with Crippen molar-refractivity contribution in [2.45, 2.75) is 0 Å². The fourth-order valence-corrected chi connectivity index (χ4v) is 7.76. The zero-order valence-corrected chi connectivity index (χ0v) is 29.2. The molecule has 4 aromatic heterocycles. The Kier molecular flexibility index (Phi) is 7.59. The molecule has 0 N–H and O–H groups in total. The van der Waals surface area contributed by atoms with Gasteiger partial charge in [-0.1, -0.05) is 140 Å². The predicted octanol–water partition coefficient (Wildman–Crippen LogP) is 12.2. The normalized spacial score (nSPS) is 11.4. The van der Waals surface area contributed by atoms with Gasteiger partial charge in [-0.3, -0.25) is 4.98 Å². The third-order valence-electron chi connectivity index (χ3n) is 9.61. The van der Waals surface area contributed by atoms with Gasteiger partial charge in [0.1, 0.15) is 5.01 Å². The molecule has 0 radical (unpaired) electrons. The molecule has 0 bridgehead atoms. The van der Waals surface area contributed by atoms with Crippen molar-refractivity contribution < 1.29 is 0 Å². The molecule has 0 fully saturated rings. The number of thiazole rings is 1. The maximum absolute atomic E-state index is 5.13. The van der Waals surface area contributed by atoms with Crippen LogP contribution in [0.5, 0.6) is 0 Å². The van der Waals surface area contributed by atoms with E-state index in [1.54, 1.807) is 11.3 Å². The van der Waals surface area contributed by atoms with Gasteiger partial charge in [0.05, 0.1) is 38.3 Å². The maximum atomic E-state index is 5.13. The Morgan fingerprint density at radius 3 is 1.64 bits per heavy atom. The highest BCUT2D eigenvalue weighted by molar-refractivity contribution is 7.21. The molecule has 6 heteroatoms. The van der Waals surface area contributed by atoms with Crippen LogP contribution in [-0.2, 0) is 0 Å². The standard InChI is InChI=1S/C47H29N5S/c1-2-7-30(8-3-1)31-12-14-33(15-13-31)41-29-42(51-46(50-41)37-22-24-38(25-23-37)47-52-40-10-4-5-11-43(40)53-47)34-18-16-32(17-19-34)39-27-26-36-21-20-35-9-6-28-48-44(35)45(36)49-39/h1-29H. The summed E-state index contributed by atoms with van der Waals surface area (Å²) in [5, 5.41) is 3.15. The Hall–Kier alpha value is -6.89. The molecular formula is C47H29N5S. The van der Waals surface area contributed by atoms with Crippen LogP contribution in [0.3, 0.4) is 0 Å². The van der Waals surface area contributed by atoms with Crippen LogP contribution in [0.15, 0.2) is 176 Å². The molecule has 248 valence electrons. The lowest BCUT2D eigenvalue weighted by molar-refractivity contribution is 1.18. The first-order valence-electron chi connectivity index (χ1n) is 17.5. The second kappa shape index (κ2) is 13.0. The smallest absolute Gasteiger partial charge is 0.160 e. The predicted molar refractivity (Wildman–Crippen MR) is 218 cm³/mol. The van der Waals surface area contributed by atoms with Crippen molar-refractivity contribution in [3.8, 4) is 66.9 Å². The number of benzene rings is 6. The van der Waals surface area contributed by atoms with E-state index in [1.807, 2.05) is 24.4 Å². The van der Waals surface area contributed by atoms with Gasteiger partial charge in [-0.2, -0.15) is 0 Å². The lowest BCUT2D eigenvalue weighted by Crippen LogP contribution is -1.96. The molecule has 10 aromatic rings. The van der Waals surface area contributed by atoms with Gasteiger partial charge in [0.15, 0.2) is 5.82 Å². The molecule has 0 unspecified atom stereocenters. The van der Waals surface area contributed by atoms with Crippen molar-refractivity contribution in [3.05, 3.63) is 176 Å². The van der Waals surface area contributed by atoms with Gasteiger partial charge >= 0.3 is 0 Å². The second-order valence-electron chi connectivity index (χ2n) is 13.0. The Morgan fingerprint density at radius 2 is 0.925 bits per heavy atom. The minimum absolute atomic E-state index is 0.667. The summed E-state index contributed by atoms with van der Waals surface area (Å²) in [6, 6.07) is 58.7. The van der Waals surface area contributed by atoms with Crippen LogP contribution in [0.4, 0.5) is 0 Å². The van der Waals surface area contributed by atoms with Gasteiger partial charge in [0.2, 0.25) is 0 Å². The third-order valence-corrected chi connectivity index (χ3v) is 10.7. The maximum Gasteiger partial charge on any atom is 0.160 e. The van der Waals surface area contributed by atoms with E-state index in [4.69, 9.17) is 19.9 Å². The Balaban J connectivity index is 1.03. The van der Waals surface area contributed by atoms with Crippen molar-refractivity contribution in [2.75, 3.05) is 0 Å². The fourth-order valence-electron chi connectivity index (χ4n) is 6.79. The van der Waals surface area contributed by atoms with Gasteiger partial charge in [-0.15, -0.1) is 11.3 Å². The van der Waals surface area contributed by atoms with Gasteiger partial charge in [-0.05, 0) is 41.5 Å². The van der Waals surface area contributed by atoms with Crippen LogP contribution < -0.4 is 0 Å². The van der Waals surface area contributed by atoms with Crippen LogP contribution in [0, 0.1) is 0 Å². The van der Waals surface area contributed by atoms with Crippen LogP contribution in [0.2, 0.25) is 0 Å². The van der Waals surface area contributed by atoms with Gasteiger partial charge in [0, 0.05) is 44.8 Å². The number of rotatable bonds is 6. The number of hydrogen-bond donors (Lipinski definition) is 0. The molecule has 0 aliphatic rings. The number of aromatic nitrogens is 5. The summed E-state index contributed by atoms with van der Waals surface area (Å²) in [5.74, 6) is 0.667.